The third-order valence-corrected chi connectivity index (χ3v) is 5.13. The maximum Gasteiger partial charge on any atom is 0.268 e. The van der Waals surface area contributed by atoms with Crippen LogP contribution in [-0.4, -0.2) is 18.2 Å². The van der Waals surface area contributed by atoms with Gasteiger partial charge in [-0.05, 0) is 37.3 Å². The number of benzene rings is 2. The molecule has 2 aromatic carbocycles. The van der Waals surface area contributed by atoms with Gasteiger partial charge in [0.15, 0.2) is 5.78 Å². The van der Waals surface area contributed by atoms with Crippen molar-refractivity contribution < 1.29 is 17.6 Å². The second kappa shape index (κ2) is 5.06. The SMILES string of the molecule is CC(=O)c1cc2c(ccn2S(=O)(=O)c2ccccc2)cc1F. The van der Waals surface area contributed by atoms with Crippen LogP contribution in [0, 0.1) is 5.82 Å². The highest BCUT2D eigenvalue weighted by molar-refractivity contribution is 7.90. The topological polar surface area (TPSA) is 56.1 Å². The number of nitrogens with zero attached hydrogens (tertiary/aromatic N) is 1. The standard InChI is InChI=1S/C16H12FNO3S/c1-11(19)14-10-16-12(9-15(14)17)7-8-18(16)22(20,21)13-5-3-2-4-6-13/h2-10H,1H3. The molecule has 3 rings (SSSR count). The lowest BCUT2D eigenvalue weighted by Crippen LogP contribution is -2.12. The number of aromatic nitrogens is 1. The van der Waals surface area contributed by atoms with Crippen molar-refractivity contribution in [1.29, 1.82) is 0 Å². The smallest absolute Gasteiger partial charge is 0.268 e. The van der Waals surface area contributed by atoms with Crippen molar-refractivity contribution in [3.63, 3.8) is 0 Å². The number of carbonyl (C=O) groups excluding carboxylic acids is 1. The molecule has 0 saturated heterocycles. The van der Waals surface area contributed by atoms with Gasteiger partial charge in [-0.2, -0.15) is 0 Å². The van der Waals surface area contributed by atoms with E-state index in [0.29, 0.717) is 5.39 Å². The number of fused-ring (bicyclic) bond motifs is 1. The quantitative estimate of drug-likeness (QED) is 0.697. The molecule has 0 bridgehead atoms. The van der Waals surface area contributed by atoms with Crippen molar-refractivity contribution >= 4 is 26.7 Å². The predicted molar refractivity (Wildman–Crippen MR) is 80.9 cm³/mol. The molecule has 1 heterocycles. The first-order chi connectivity index (χ1) is 10.4. The summed E-state index contributed by atoms with van der Waals surface area (Å²) in [6, 6.07) is 11.9. The van der Waals surface area contributed by atoms with Gasteiger partial charge in [0.1, 0.15) is 5.82 Å². The van der Waals surface area contributed by atoms with Crippen LogP contribution in [0.4, 0.5) is 4.39 Å². The summed E-state index contributed by atoms with van der Waals surface area (Å²) < 4.78 is 40.2. The molecule has 0 fully saturated rings. The van der Waals surface area contributed by atoms with E-state index in [-0.39, 0.29) is 16.0 Å². The van der Waals surface area contributed by atoms with Crippen molar-refractivity contribution in [2.24, 2.45) is 0 Å². The Balaban J connectivity index is 2.29. The lowest BCUT2D eigenvalue weighted by molar-refractivity contribution is 0.101. The Kier molecular flexibility index (Phi) is 3.33. The summed E-state index contributed by atoms with van der Waals surface area (Å²) in [6.07, 6.45) is 1.36. The monoisotopic (exact) mass is 317 g/mol. The van der Waals surface area contributed by atoms with Crippen molar-refractivity contribution in [2.75, 3.05) is 0 Å². The van der Waals surface area contributed by atoms with Gasteiger partial charge in [0.05, 0.1) is 16.0 Å². The van der Waals surface area contributed by atoms with Crippen molar-refractivity contribution in [3.05, 3.63) is 66.1 Å². The summed E-state index contributed by atoms with van der Waals surface area (Å²) in [5.41, 5.74) is 0.145. The Morgan fingerprint density at radius 2 is 1.77 bits per heavy atom. The van der Waals surface area contributed by atoms with Gasteiger partial charge in [0.25, 0.3) is 10.0 Å². The van der Waals surface area contributed by atoms with E-state index in [0.717, 1.165) is 3.97 Å². The highest BCUT2D eigenvalue weighted by Gasteiger charge is 2.20. The molecule has 6 heteroatoms. The second-order valence-corrected chi connectivity index (χ2v) is 6.69. The van der Waals surface area contributed by atoms with Crippen LogP contribution in [0.1, 0.15) is 17.3 Å². The van der Waals surface area contributed by atoms with Gasteiger partial charge in [0, 0.05) is 11.6 Å². The molecule has 3 aromatic rings. The average molecular weight is 317 g/mol. The third kappa shape index (κ3) is 2.21. The third-order valence-electron chi connectivity index (χ3n) is 3.42. The van der Waals surface area contributed by atoms with E-state index in [9.17, 15) is 17.6 Å². The van der Waals surface area contributed by atoms with Crippen molar-refractivity contribution in [2.45, 2.75) is 11.8 Å². The van der Waals surface area contributed by atoms with E-state index in [1.807, 2.05) is 0 Å². The van der Waals surface area contributed by atoms with Crippen LogP contribution in [0.5, 0.6) is 0 Å². The second-order valence-electron chi connectivity index (χ2n) is 4.88. The maximum atomic E-state index is 13.8. The van der Waals surface area contributed by atoms with Crippen molar-refractivity contribution in [1.82, 2.24) is 3.97 Å². The molecule has 0 N–H and O–H groups in total. The van der Waals surface area contributed by atoms with Gasteiger partial charge in [-0.25, -0.2) is 16.8 Å². The summed E-state index contributed by atoms with van der Waals surface area (Å²) in [5.74, 6) is -1.11. The summed E-state index contributed by atoms with van der Waals surface area (Å²) in [5, 5.41) is 0.419. The van der Waals surface area contributed by atoms with Gasteiger partial charge in [-0.1, -0.05) is 18.2 Å². The Hall–Kier alpha value is -2.47. The van der Waals surface area contributed by atoms with Crippen LogP contribution in [0.15, 0.2) is 59.6 Å². The maximum absolute atomic E-state index is 13.8. The zero-order chi connectivity index (χ0) is 15.9. The number of ketones is 1. The molecule has 1 aromatic heterocycles. The minimum Gasteiger partial charge on any atom is -0.294 e. The molecular weight excluding hydrogens is 305 g/mol. The first-order valence-electron chi connectivity index (χ1n) is 6.53. The molecule has 0 aliphatic rings. The van der Waals surface area contributed by atoms with E-state index < -0.39 is 21.6 Å². The molecule has 4 nitrogen and oxygen atoms in total. The fourth-order valence-corrected chi connectivity index (χ4v) is 3.68. The predicted octanol–water partition coefficient (Wildman–Crippen LogP) is 3.22. The van der Waals surface area contributed by atoms with Crippen LogP contribution in [-0.2, 0) is 10.0 Å². The zero-order valence-corrected chi connectivity index (χ0v) is 12.5. The van der Waals surface area contributed by atoms with Gasteiger partial charge in [-0.3, -0.25) is 4.79 Å². The van der Waals surface area contributed by atoms with Crippen LogP contribution < -0.4 is 0 Å². The van der Waals surface area contributed by atoms with Gasteiger partial charge in [0.2, 0.25) is 0 Å². The normalized spacial score (nSPS) is 11.7. The van der Waals surface area contributed by atoms with Gasteiger partial charge in [-0.15, -0.1) is 0 Å². The Bertz CT molecular complexity index is 975. The van der Waals surface area contributed by atoms with Gasteiger partial charge < -0.3 is 0 Å². The Morgan fingerprint density at radius 1 is 1.09 bits per heavy atom. The molecule has 112 valence electrons. The average Bonchev–Trinajstić information content (AvgIpc) is 2.90. The molecular formula is C16H12FNO3S. The molecule has 0 saturated carbocycles. The molecule has 0 unspecified atom stereocenters. The molecule has 0 aliphatic heterocycles. The van der Waals surface area contributed by atoms with E-state index in [1.165, 1.54) is 43.5 Å². The van der Waals surface area contributed by atoms with Crippen LogP contribution in [0.3, 0.4) is 0 Å². The number of hydrogen-bond donors (Lipinski definition) is 0. The highest BCUT2D eigenvalue weighted by Crippen LogP contribution is 2.25. The molecule has 0 atom stereocenters. The number of rotatable bonds is 3. The highest BCUT2D eigenvalue weighted by atomic mass is 32.2. The van der Waals surface area contributed by atoms with Crippen LogP contribution in [0.25, 0.3) is 10.9 Å². The van der Waals surface area contributed by atoms with Crippen molar-refractivity contribution in [3.8, 4) is 0 Å². The molecule has 0 aliphatic carbocycles. The number of Topliss-reactive ketones (excluding diaryl/α,β-unsaturated/α-hetero) is 1. The fourth-order valence-electron chi connectivity index (χ4n) is 2.32. The minimum atomic E-state index is -3.79. The van der Waals surface area contributed by atoms with Crippen LogP contribution in [0.2, 0.25) is 0 Å². The van der Waals surface area contributed by atoms with E-state index in [4.69, 9.17) is 0 Å². The Morgan fingerprint density at radius 3 is 2.41 bits per heavy atom. The van der Waals surface area contributed by atoms with Crippen LogP contribution >= 0.6 is 0 Å². The number of hydrogen-bond acceptors (Lipinski definition) is 3. The lowest BCUT2D eigenvalue weighted by Gasteiger charge is -2.08. The summed E-state index contributed by atoms with van der Waals surface area (Å²) in [7, 11) is -3.79. The zero-order valence-electron chi connectivity index (χ0n) is 11.7. The number of carbonyl (C=O) groups is 1. The van der Waals surface area contributed by atoms with E-state index in [2.05, 4.69) is 0 Å². The van der Waals surface area contributed by atoms with E-state index >= 15 is 0 Å². The molecule has 0 spiro atoms. The summed E-state index contributed by atoms with van der Waals surface area (Å²) in [6.45, 7) is 1.24. The first-order valence-corrected chi connectivity index (χ1v) is 7.97. The Labute approximate surface area is 126 Å². The summed E-state index contributed by atoms with van der Waals surface area (Å²) in [4.78, 5) is 11.6. The largest absolute Gasteiger partial charge is 0.294 e. The fraction of sp³-hybridized carbons (Fsp3) is 0.0625. The summed E-state index contributed by atoms with van der Waals surface area (Å²) >= 11 is 0. The molecule has 0 radical (unpaired) electrons. The van der Waals surface area contributed by atoms with Gasteiger partial charge >= 0.3 is 0 Å². The molecule has 22 heavy (non-hydrogen) atoms. The lowest BCUT2D eigenvalue weighted by atomic mass is 10.1. The molecule has 0 amide bonds. The van der Waals surface area contributed by atoms with E-state index in [1.54, 1.807) is 18.2 Å². The minimum absolute atomic E-state index is 0.126. The first kappa shape index (κ1) is 14.5. The number of halogens is 1.